The number of nitrogens with zero attached hydrogens (tertiary/aromatic N) is 3. The van der Waals surface area contributed by atoms with E-state index in [9.17, 15) is 0 Å². The van der Waals surface area contributed by atoms with Gasteiger partial charge in [-0.15, -0.1) is 0 Å². The number of rotatable bonds is 4. The Bertz CT molecular complexity index is 348. The van der Waals surface area contributed by atoms with Crippen molar-refractivity contribution in [3.8, 4) is 6.07 Å². The van der Waals surface area contributed by atoms with E-state index in [1.165, 1.54) is 12.8 Å². The van der Waals surface area contributed by atoms with Crippen LogP contribution in [0.3, 0.4) is 0 Å². The molecule has 1 heterocycles. The van der Waals surface area contributed by atoms with Crippen LogP contribution in [0.1, 0.15) is 18.4 Å². The van der Waals surface area contributed by atoms with Gasteiger partial charge in [0.2, 0.25) is 0 Å². The van der Waals surface area contributed by atoms with Gasteiger partial charge in [0.25, 0.3) is 0 Å². The van der Waals surface area contributed by atoms with Gasteiger partial charge in [-0.25, -0.2) is 0 Å². The molecule has 1 aliphatic rings. The second-order valence-corrected chi connectivity index (χ2v) is 3.67. The first-order valence-corrected chi connectivity index (χ1v) is 4.79. The van der Waals surface area contributed by atoms with E-state index >= 15 is 0 Å². The van der Waals surface area contributed by atoms with Gasteiger partial charge in [0, 0.05) is 13.3 Å². The first-order chi connectivity index (χ1) is 6.83. The van der Waals surface area contributed by atoms with E-state index in [0.29, 0.717) is 11.5 Å². The summed E-state index contributed by atoms with van der Waals surface area (Å²) in [5.41, 5.74) is 0.607. The van der Waals surface area contributed by atoms with E-state index in [1.807, 2.05) is 0 Å². The van der Waals surface area contributed by atoms with Gasteiger partial charge in [-0.2, -0.15) is 10.4 Å². The average molecular weight is 191 g/mol. The summed E-state index contributed by atoms with van der Waals surface area (Å²) in [4.78, 5) is 0. The topological polar surface area (TPSA) is 50.8 Å². The van der Waals surface area contributed by atoms with Crippen LogP contribution >= 0.6 is 0 Å². The molecule has 0 aromatic carbocycles. The number of hydrogen-bond acceptors (Lipinski definition) is 3. The average Bonchev–Trinajstić information content (AvgIpc) is 2.95. The molecule has 0 bridgehead atoms. The molecule has 1 saturated carbocycles. The van der Waals surface area contributed by atoms with E-state index in [-0.39, 0.29) is 6.10 Å². The molecule has 14 heavy (non-hydrogen) atoms. The summed E-state index contributed by atoms with van der Waals surface area (Å²) in [6.45, 7) is 0.753. The predicted molar refractivity (Wildman–Crippen MR) is 50.5 cm³/mol. The van der Waals surface area contributed by atoms with E-state index < -0.39 is 0 Å². The summed E-state index contributed by atoms with van der Waals surface area (Å²) in [5.74, 6) is 0.690. The third-order valence-corrected chi connectivity index (χ3v) is 2.58. The summed E-state index contributed by atoms with van der Waals surface area (Å²) in [6, 6.07) is 2.06. The summed E-state index contributed by atoms with van der Waals surface area (Å²) >= 11 is 0. The highest BCUT2D eigenvalue weighted by Crippen LogP contribution is 2.34. The molecule has 0 amide bonds. The van der Waals surface area contributed by atoms with Crippen molar-refractivity contribution >= 4 is 0 Å². The fourth-order valence-electron chi connectivity index (χ4n) is 1.59. The van der Waals surface area contributed by atoms with Gasteiger partial charge in [0.15, 0.2) is 0 Å². The van der Waals surface area contributed by atoms with Gasteiger partial charge in [-0.1, -0.05) is 0 Å². The van der Waals surface area contributed by atoms with Crippen molar-refractivity contribution in [2.45, 2.75) is 25.5 Å². The van der Waals surface area contributed by atoms with Crippen molar-refractivity contribution in [2.24, 2.45) is 5.92 Å². The SMILES string of the molecule is COC(Cn1cc(C#N)cn1)C1CC1. The molecular weight excluding hydrogens is 178 g/mol. The van der Waals surface area contributed by atoms with Crippen LogP contribution in [0.25, 0.3) is 0 Å². The third-order valence-electron chi connectivity index (χ3n) is 2.58. The molecule has 4 heteroatoms. The largest absolute Gasteiger partial charge is 0.379 e. The normalized spacial score (nSPS) is 17.7. The van der Waals surface area contributed by atoms with Crippen molar-refractivity contribution in [3.05, 3.63) is 18.0 Å². The molecule has 74 valence electrons. The molecule has 1 unspecified atom stereocenters. The van der Waals surface area contributed by atoms with Crippen molar-refractivity contribution in [2.75, 3.05) is 7.11 Å². The molecule has 1 fully saturated rings. The standard InChI is InChI=1S/C10H13N3O/c1-14-10(9-2-3-9)7-13-6-8(4-11)5-12-13/h5-6,9-10H,2-3,7H2,1H3. The first-order valence-electron chi connectivity index (χ1n) is 4.79. The quantitative estimate of drug-likeness (QED) is 0.718. The minimum atomic E-state index is 0.251. The molecule has 0 saturated heterocycles. The number of ether oxygens (including phenoxy) is 1. The number of hydrogen-bond donors (Lipinski definition) is 0. The van der Waals surface area contributed by atoms with Crippen LogP contribution in [-0.4, -0.2) is 23.0 Å². The Morgan fingerprint density at radius 3 is 3.07 bits per heavy atom. The van der Waals surface area contributed by atoms with Crippen LogP contribution < -0.4 is 0 Å². The number of aromatic nitrogens is 2. The summed E-state index contributed by atoms with van der Waals surface area (Å²) in [6.07, 6.45) is 6.10. The minimum absolute atomic E-state index is 0.251. The maximum Gasteiger partial charge on any atom is 0.102 e. The maximum atomic E-state index is 8.63. The van der Waals surface area contributed by atoms with E-state index in [2.05, 4.69) is 11.2 Å². The Morgan fingerprint density at radius 1 is 1.79 bits per heavy atom. The monoisotopic (exact) mass is 191 g/mol. The molecule has 1 aromatic heterocycles. The molecule has 1 atom stereocenters. The lowest BCUT2D eigenvalue weighted by atomic mass is 10.2. The molecule has 0 N–H and O–H groups in total. The molecule has 1 aliphatic carbocycles. The van der Waals surface area contributed by atoms with Crippen molar-refractivity contribution in [3.63, 3.8) is 0 Å². The fraction of sp³-hybridized carbons (Fsp3) is 0.600. The van der Waals surface area contributed by atoms with Crippen LogP contribution in [0.15, 0.2) is 12.4 Å². The lowest BCUT2D eigenvalue weighted by Gasteiger charge is -2.13. The van der Waals surface area contributed by atoms with Crippen molar-refractivity contribution < 1.29 is 4.74 Å². The molecule has 4 nitrogen and oxygen atoms in total. The van der Waals surface area contributed by atoms with Gasteiger partial charge in [-0.05, 0) is 18.8 Å². The van der Waals surface area contributed by atoms with Gasteiger partial charge in [-0.3, -0.25) is 4.68 Å². The Balaban J connectivity index is 1.98. The van der Waals surface area contributed by atoms with Crippen LogP contribution in [0.5, 0.6) is 0 Å². The van der Waals surface area contributed by atoms with Crippen molar-refractivity contribution in [1.29, 1.82) is 5.26 Å². The smallest absolute Gasteiger partial charge is 0.102 e. The van der Waals surface area contributed by atoms with Crippen LogP contribution in [0.4, 0.5) is 0 Å². The van der Waals surface area contributed by atoms with E-state index in [1.54, 1.807) is 24.2 Å². The van der Waals surface area contributed by atoms with E-state index in [0.717, 1.165) is 6.54 Å². The first kappa shape index (κ1) is 9.22. The third kappa shape index (κ3) is 1.94. The van der Waals surface area contributed by atoms with Crippen LogP contribution in [0, 0.1) is 17.2 Å². The second kappa shape index (κ2) is 3.81. The van der Waals surface area contributed by atoms with Gasteiger partial charge in [0.1, 0.15) is 6.07 Å². The fourth-order valence-corrected chi connectivity index (χ4v) is 1.59. The predicted octanol–water partition coefficient (Wildman–Crippen LogP) is 1.18. The Labute approximate surface area is 83.1 Å². The van der Waals surface area contributed by atoms with Gasteiger partial charge < -0.3 is 4.74 Å². The second-order valence-electron chi connectivity index (χ2n) is 3.67. The zero-order chi connectivity index (χ0) is 9.97. The van der Waals surface area contributed by atoms with Gasteiger partial charge in [0.05, 0.1) is 24.4 Å². The summed E-state index contributed by atoms with van der Waals surface area (Å²) in [7, 11) is 1.73. The Morgan fingerprint density at radius 2 is 2.57 bits per heavy atom. The zero-order valence-electron chi connectivity index (χ0n) is 8.18. The highest BCUT2D eigenvalue weighted by Gasteiger charge is 2.31. The molecular formula is C10H13N3O. The maximum absolute atomic E-state index is 8.63. The number of nitriles is 1. The van der Waals surface area contributed by atoms with Crippen LogP contribution in [-0.2, 0) is 11.3 Å². The van der Waals surface area contributed by atoms with Crippen molar-refractivity contribution in [1.82, 2.24) is 9.78 Å². The highest BCUT2D eigenvalue weighted by atomic mass is 16.5. The summed E-state index contributed by atoms with van der Waals surface area (Å²) < 4.78 is 7.16. The van der Waals surface area contributed by atoms with E-state index in [4.69, 9.17) is 10.00 Å². The summed E-state index contributed by atoms with van der Waals surface area (Å²) in [5, 5.41) is 12.7. The molecule has 0 spiro atoms. The number of methoxy groups -OCH3 is 1. The Hall–Kier alpha value is -1.34. The zero-order valence-corrected chi connectivity index (χ0v) is 8.18. The van der Waals surface area contributed by atoms with Gasteiger partial charge >= 0.3 is 0 Å². The lowest BCUT2D eigenvalue weighted by molar-refractivity contribution is 0.0669. The molecule has 1 aromatic rings. The molecule has 0 radical (unpaired) electrons. The van der Waals surface area contributed by atoms with Crippen LogP contribution in [0.2, 0.25) is 0 Å². The molecule has 2 rings (SSSR count). The Kier molecular flexibility index (Phi) is 2.51. The lowest BCUT2D eigenvalue weighted by Crippen LogP contribution is -2.21. The minimum Gasteiger partial charge on any atom is -0.379 e. The molecule has 0 aliphatic heterocycles. The highest BCUT2D eigenvalue weighted by molar-refractivity contribution is 5.21.